The highest BCUT2D eigenvalue weighted by molar-refractivity contribution is 6.29. The fourth-order valence-electron chi connectivity index (χ4n) is 1.79. The fourth-order valence-corrected chi connectivity index (χ4v) is 1.96. The van der Waals surface area contributed by atoms with Crippen LogP contribution in [-0.2, 0) is 6.42 Å². The predicted molar refractivity (Wildman–Crippen MR) is 85.2 cm³/mol. The Morgan fingerprint density at radius 3 is 2.50 bits per heavy atom. The first-order valence-electron chi connectivity index (χ1n) is 6.87. The van der Waals surface area contributed by atoms with Crippen LogP contribution >= 0.6 is 11.6 Å². The molecule has 0 bridgehead atoms. The molecule has 0 aliphatic heterocycles. The minimum absolute atomic E-state index is 0.330. The van der Waals surface area contributed by atoms with Crippen LogP contribution in [-0.4, -0.2) is 21.6 Å². The van der Waals surface area contributed by atoms with E-state index in [1.54, 1.807) is 18.2 Å². The molecule has 22 heavy (non-hydrogen) atoms. The van der Waals surface area contributed by atoms with E-state index in [9.17, 15) is 4.79 Å². The van der Waals surface area contributed by atoms with Crippen LogP contribution in [0.3, 0.4) is 0 Å². The second kappa shape index (κ2) is 6.75. The van der Waals surface area contributed by atoms with Crippen LogP contribution in [0.5, 0.6) is 5.75 Å². The van der Waals surface area contributed by atoms with E-state index < -0.39 is 6.09 Å². The number of benzene rings is 1. The third-order valence-corrected chi connectivity index (χ3v) is 2.89. The van der Waals surface area contributed by atoms with Crippen molar-refractivity contribution in [2.75, 3.05) is 0 Å². The second-order valence-electron chi connectivity index (χ2n) is 5.92. The van der Waals surface area contributed by atoms with Gasteiger partial charge < -0.3 is 10.1 Å². The Labute approximate surface area is 134 Å². The Kier molecular flexibility index (Phi) is 4.98. The molecule has 1 aromatic carbocycles. The van der Waals surface area contributed by atoms with Gasteiger partial charge >= 0.3 is 6.09 Å². The van der Waals surface area contributed by atoms with Crippen molar-refractivity contribution in [3.63, 3.8) is 0 Å². The third kappa shape index (κ3) is 5.33. The standard InChI is InChI=1S/C16H18ClN3O2/c1-16(2,3)20-15(21)22-13-6-4-11(5-7-13)8-12-9-14(17)19-10-18-12/h4-7,9-10H,8H2,1-3H3,(H,20,21). The molecular formula is C16H18ClN3O2. The number of carbonyl (C=O) groups excluding carboxylic acids is 1. The third-order valence-electron chi connectivity index (χ3n) is 2.69. The van der Waals surface area contributed by atoms with Gasteiger partial charge in [0.2, 0.25) is 0 Å². The number of nitrogens with zero attached hydrogens (tertiary/aromatic N) is 2. The van der Waals surface area contributed by atoms with E-state index in [-0.39, 0.29) is 5.54 Å². The number of amides is 1. The quantitative estimate of drug-likeness (QED) is 0.878. The summed E-state index contributed by atoms with van der Waals surface area (Å²) in [7, 11) is 0. The zero-order valence-corrected chi connectivity index (χ0v) is 13.5. The summed E-state index contributed by atoms with van der Waals surface area (Å²) < 4.78 is 5.22. The van der Waals surface area contributed by atoms with Crippen LogP contribution in [0, 0.1) is 0 Å². The highest BCUT2D eigenvalue weighted by Crippen LogP contribution is 2.16. The van der Waals surface area contributed by atoms with Crippen molar-refractivity contribution >= 4 is 17.7 Å². The van der Waals surface area contributed by atoms with Gasteiger partial charge in [-0.1, -0.05) is 23.7 Å². The highest BCUT2D eigenvalue weighted by Gasteiger charge is 2.15. The topological polar surface area (TPSA) is 64.1 Å². The first kappa shape index (κ1) is 16.2. The summed E-state index contributed by atoms with van der Waals surface area (Å²) in [6.07, 6.45) is 1.60. The molecule has 2 rings (SSSR count). The summed E-state index contributed by atoms with van der Waals surface area (Å²) in [4.78, 5) is 19.7. The molecule has 1 heterocycles. The van der Waals surface area contributed by atoms with E-state index in [1.165, 1.54) is 6.33 Å². The lowest BCUT2D eigenvalue weighted by Gasteiger charge is -2.19. The molecule has 2 aromatic rings. The Morgan fingerprint density at radius 2 is 1.91 bits per heavy atom. The average molecular weight is 320 g/mol. The van der Waals surface area contributed by atoms with Gasteiger partial charge in [0.05, 0.1) is 0 Å². The van der Waals surface area contributed by atoms with Gasteiger partial charge in [-0.25, -0.2) is 14.8 Å². The van der Waals surface area contributed by atoms with Gasteiger partial charge in [0, 0.05) is 17.7 Å². The molecule has 0 saturated carbocycles. The Balaban J connectivity index is 1.97. The smallest absolute Gasteiger partial charge is 0.410 e. The molecule has 0 fully saturated rings. The van der Waals surface area contributed by atoms with E-state index in [2.05, 4.69) is 15.3 Å². The number of carbonyl (C=O) groups is 1. The molecule has 0 aliphatic rings. The molecule has 0 spiro atoms. The number of hydrogen-bond acceptors (Lipinski definition) is 4. The Hall–Kier alpha value is -2.14. The Bertz CT molecular complexity index is 651. The zero-order valence-electron chi connectivity index (χ0n) is 12.8. The number of rotatable bonds is 3. The normalized spacial score (nSPS) is 11.1. The van der Waals surface area contributed by atoms with Crippen molar-refractivity contribution in [3.8, 4) is 5.75 Å². The van der Waals surface area contributed by atoms with Crippen LogP contribution in [0.2, 0.25) is 5.15 Å². The number of nitrogens with one attached hydrogen (secondary N) is 1. The molecule has 0 unspecified atom stereocenters. The number of aromatic nitrogens is 2. The molecule has 0 aliphatic carbocycles. The fraction of sp³-hybridized carbons (Fsp3) is 0.312. The summed E-state index contributed by atoms with van der Waals surface area (Å²) in [6, 6.07) is 8.99. The minimum atomic E-state index is -0.470. The van der Waals surface area contributed by atoms with E-state index in [0.717, 1.165) is 11.3 Å². The van der Waals surface area contributed by atoms with E-state index in [4.69, 9.17) is 16.3 Å². The van der Waals surface area contributed by atoms with Crippen LogP contribution in [0.15, 0.2) is 36.7 Å². The van der Waals surface area contributed by atoms with Gasteiger partial charge in [0.25, 0.3) is 0 Å². The molecule has 5 nitrogen and oxygen atoms in total. The monoisotopic (exact) mass is 319 g/mol. The maximum atomic E-state index is 11.7. The maximum absolute atomic E-state index is 11.7. The summed E-state index contributed by atoms with van der Waals surface area (Å²) in [5.41, 5.74) is 1.54. The molecule has 6 heteroatoms. The van der Waals surface area contributed by atoms with Crippen molar-refractivity contribution in [1.82, 2.24) is 15.3 Å². The number of halogens is 1. The first-order valence-corrected chi connectivity index (χ1v) is 7.25. The first-order chi connectivity index (χ1) is 10.3. The number of hydrogen-bond donors (Lipinski definition) is 1. The minimum Gasteiger partial charge on any atom is -0.410 e. The average Bonchev–Trinajstić information content (AvgIpc) is 2.39. The van der Waals surface area contributed by atoms with Crippen molar-refractivity contribution in [2.24, 2.45) is 0 Å². The molecule has 1 amide bonds. The van der Waals surface area contributed by atoms with Gasteiger partial charge in [-0.05, 0) is 44.5 Å². The Morgan fingerprint density at radius 1 is 1.23 bits per heavy atom. The van der Waals surface area contributed by atoms with E-state index in [1.807, 2.05) is 32.9 Å². The summed E-state index contributed by atoms with van der Waals surface area (Å²) >= 11 is 5.83. The lowest BCUT2D eigenvalue weighted by Crippen LogP contribution is -2.42. The highest BCUT2D eigenvalue weighted by atomic mass is 35.5. The lowest BCUT2D eigenvalue weighted by atomic mass is 10.1. The lowest BCUT2D eigenvalue weighted by molar-refractivity contribution is 0.190. The van der Waals surface area contributed by atoms with Gasteiger partial charge in [-0.3, -0.25) is 0 Å². The summed E-state index contributed by atoms with van der Waals surface area (Å²) in [5, 5.41) is 3.16. The van der Waals surface area contributed by atoms with Crippen LogP contribution in [0.1, 0.15) is 32.0 Å². The molecule has 1 aromatic heterocycles. The van der Waals surface area contributed by atoms with Crippen molar-refractivity contribution in [1.29, 1.82) is 0 Å². The second-order valence-corrected chi connectivity index (χ2v) is 6.30. The number of ether oxygens (including phenoxy) is 1. The summed E-state index contributed by atoms with van der Waals surface area (Å²) in [5.74, 6) is 0.492. The molecule has 1 N–H and O–H groups in total. The largest absolute Gasteiger partial charge is 0.413 e. The van der Waals surface area contributed by atoms with Crippen LogP contribution in [0.4, 0.5) is 4.79 Å². The van der Waals surface area contributed by atoms with Gasteiger partial charge in [-0.2, -0.15) is 0 Å². The van der Waals surface area contributed by atoms with Crippen molar-refractivity contribution in [2.45, 2.75) is 32.7 Å². The van der Waals surface area contributed by atoms with Gasteiger partial charge in [0.15, 0.2) is 0 Å². The van der Waals surface area contributed by atoms with E-state index >= 15 is 0 Å². The molecule has 116 valence electrons. The van der Waals surface area contributed by atoms with Gasteiger partial charge in [0.1, 0.15) is 17.2 Å². The molecular weight excluding hydrogens is 302 g/mol. The zero-order chi connectivity index (χ0) is 16.2. The summed E-state index contributed by atoms with van der Waals surface area (Å²) in [6.45, 7) is 5.68. The van der Waals surface area contributed by atoms with Crippen molar-refractivity contribution < 1.29 is 9.53 Å². The molecule has 0 atom stereocenters. The molecule has 0 saturated heterocycles. The van der Waals surface area contributed by atoms with E-state index in [0.29, 0.717) is 17.3 Å². The van der Waals surface area contributed by atoms with Crippen LogP contribution in [0.25, 0.3) is 0 Å². The van der Waals surface area contributed by atoms with Crippen LogP contribution < -0.4 is 10.1 Å². The van der Waals surface area contributed by atoms with Crippen molar-refractivity contribution in [3.05, 3.63) is 53.1 Å². The maximum Gasteiger partial charge on any atom is 0.413 e. The SMILES string of the molecule is CC(C)(C)NC(=O)Oc1ccc(Cc2cc(Cl)ncn2)cc1. The van der Waals surface area contributed by atoms with Gasteiger partial charge in [-0.15, -0.1) is 0 Å². The predicted octanol–water partition coefficient (Wildman–Crippen LogP) is 3.61. The molecule has 0 radical (unpaired) electrons.